The molecule has 2 rings (SSSR count). The van der Waals surface area contributed by atoms with Crippen molar-refractivity contribution in [3.05, 3.63) is 48.0 Å². The van der Waals surface area contributed by atoms with Gasteiger partial charge in [-0.1, -0.05) is 30.3 Å². The van der Waals surface area contributed by atoms with Crippen molar-refractivity contribution in [2.75, 3.05) is 13.2 Å². The molecule has 0 radical (unpaired) electrons. The van der Waals surface area contributed by atoms with Gasteiger partial charge in [-0.15, -0.1) is 0 Å². The number of epoxide rings is 1. The first-order valence-corrected chi connectivity index (χ1v) is 7.49. The van der Waals surface area contributed by atoms with Gasteiger partial charge in [0, 0.05) is 12.5 Å². The fraction of sp³-hybridized carbons (Fsp3) is 0.471. The first-order chi connectivity index (χ1) is 10.7. The van der Waals surface area contributed by atoms with Crippen molar-refractivity contribution < 1.29 is 24.1 Å². The molecule has 22 heavy (non-hydrogen) atoms. The van der Waals surface area contributed by atoms with E-state index in [1.54, 1.807) is 13.0 Å². The zero-order valence-corrected chi connectivity index (χ0v) is 12.7. The van der Waals surface area contributed by atoms with Gasteiger partial charge < -0.3 is 19.3 Å². The quantitative estimate of drug-likeness (QED) is 0.428. The summed E-state index contributed by atoms with van der Waals surface area (Å²) in [7, 11) is 0. The van der Waals surface area contributed by atoms with Crippen LogP contribution in [0.2, 0.25) is 0 Å². The van der Waals surface area contributed by atoms with Crippen molar-refractivity contribution in [3.63, 3.8) is 0 Å². The summed E-state index contributed by atoms with van der Waals surface area (Å²) in [5.74, 6) is -0.372. The van der Waals surface area contributed by atoms with Gasteiger partial charge in [0.2, 0.25) is 0 Å². The van der Waals surface area contributed by atoms with E-state index < -0.39 is 6.10 Å². The monoisotopic (exact) mass is 306 g/mol. The highest BCUT2D eigenvalue weighted by Gasteiger charge is 2.38. The Morgan fingerprint density at radius 3 is 2.91 bits per heavy atom. The number of ether oxygens (including phenoxy) is 3. The van der Waals surface area contributed by atoms with Crippen LogP contribution in [0.3, 0.4) is 0 Å². The van der Waals surface area contributed by atoms with E-state index in [0.717, 1.165) is 5.56 Å². The molecule has 0 saturated carbocycles. The highest BCUT2D eigenvalue weighted by atomic mass is 16.6. The molecule has 0 aliphatic carbocycles. The molecule has 1 saturated heterocycles. The average Bonchev–Trinajstić information content (AvgIpc) is 3.24. The van der Waals surface area contributed by atoms with Crippen LogP contribution in [-0.4, -0.2) is 42.6 Å². The Bertz CT molecular complexity index is 485. The third kappa shape index (κ3) is 5.97. The van der Waals surface area contributed by atoms with E-state index in [1.165, 1.54) is 6.08 Å². The van der Waals surface area contributed by atoms with Crippen molar-refractivity contribution in [1.29, 1.82) is 0 Å². The maximum absolute atomic E-state index is 11.1. The highest BCUT2D eigenvalue weighted by molar-refractivity contribution is 5.82. The van der Waals surface area contributed by atoms with Crippen LogP contribution in [0.1, 0.15) is 18.9 Å². The minimum atomic E-state index is -0.574. The average molecular weight is 306 g/mol. The fourth-order valence-corrected chi connectivity index (χ4v) is 2.10. The van der Waals surface area contributed by atoms with Crippen LogP contribution in [0.5, 0.6) is 0 Å². The lowest BCUT2D eigenvalue weighted by atomic mass is 10.1. The summed E-state index contributed by atoms with van der Waals surface area (Å²) in [6.07, 6.45) is 2.78. The van der Waals surface area contributed by atoms with Gasteiger partial charge in [-0.2, -0.15) is 0 Å². The Balaban J connectivity index is 1.58. The summed E-state index contributed by atoms with van der Waals surface area (Å²) in [5, 5.41) is 9.90. The minimum absolute atomic E-state index is 0.0546. The van der Waals surface area contributed by atoms with Crippen molar-refractivity contribution in [2.24, 2.45) is 0 Å². The van der Waals surface area contributed by atoms with Crippen molar-refractivity contribution >= 4 is 5.97 Å². The molecule has 5 heteroatoms. The smallest absolute Gasteiger partial charge is 0.330 e. The van der Waals surface area contributed by atoms with E-state index in [0.29, 0.717) is 19.6 Å². The van der Waals surface area contributed by atoms with E-state index >= 15 is 0 Å². The lowest BCUT2D eigenvalue weighted by Crippen LogP contribution is -2.18. The van der Waals surface area contributed by atoms with Crippen molar-refractivity contribution in [2.45, 2.75) is 38.3 Å². The van der Waals surface area contributed by atoms with Crippen LogP contribution in [0, 0.1) is 0 Å². The van der Waals surface area contributed by atoms with E-state index in [2.05, 4.69) is 0 Å². The van der Waals surface area contributed by atoms with Crippen molar-refractivity contribution in [1.82, 2.24) is 0 Å². The van der Waals surface area contributed by atoms with Gasteiger partial charge in [0.05, 0.1) is 32.0 Å². The van der Waals surface area contributed by atoms with Crippen LogP contribution >= 0.6 is 0 Å². The van der Waals surface area contributed by atoms with E-state index in [9.17, 15) is 9.90 Å². The molecule has 1 N–H and O–H groups in total. The number of hydrogen-bond acceptors (Lipinski definition) is 5. The predicted octanol–water partition coefficient (Wildman–Crippen LogP) is 1.84. The lowest BCUT2D eigenvalue weighted by molar-refractivity contribution is -0.137. The van der Waals surface area contributed by atoms with Gasteiger partial charge in [-0.05, 0) is 18.6 Å². The Labute approximate surface area is 130 Å². The second-order valence-electron chi connectivity index (χ2n) is 5.14. The topological polar surface area (TPSA) is 68.3 Å². The molecule has 0 amide bonds. The first kappa shape index (κ1) is 16.7. The summed E-state index contributed by atoms with van der Waals surface area (Å²) >= 11 is 0. The number of aliphatic hydroxyl groups is 1. The number of carbonyl (C=O) groups is 1. The number of benzene rings is 1. The molecule has 120 valence electrons. The second kappa shape index (κ2) is 8.68. The molecule has 3 atom stereocenters. The molecule has 1 aromatic rings. The summed E-state index contributed by atoms with van der Waals surface area (Å²) in [6, 6.07) is 9.81. The predicted molar refractivity (Wildman–Crippen MR) is 81.2 cm³/mol. The lowest BCUT2D eigenvalue weighted by Gasteiger charge is -2.09. The molecule has 5 nitrogen and oxygen atoms in total. The van der Waals surface area contributed by atoms with Crippen molar-refractivity contribution in [3.8, 4) is 0 Å². The first-order valence-electron chi connectivity index (χ1n) is 7.49. The maximum Gasteiger partial charge on any atom is 0.330 e. The summed E-state index contributed by atoms with van der Waals surface area (Å²) in [5.41, 5.74) is 1.08. The molecule has 0 aromatic heterocycles. The largest absolute Gasteiger partial charge is 0.463 e. The summed E-state index contributed by atoms with van der Waals surface area (Å²) < 4.78 is 15.6. The molecular weight excluding hydrogens is 284 g/mol. The zero-order chi connectivity index (χ0) is 15.8. The van der Waals surface area contributed by atoms with E-state index in [1.807, 2.05) is 30.3 Å². The number of hydrogen-bond donors (Lipinski definition) is 1. The Morgan fingerprint density at radius 1 is 1.41 bits per heavy atom. The molecule has 0 unspecified atom stereocenters. The third-order valence-corrected chi connectivity index (χ3v) is 3.26. The molecule has 1 fully saturated rings. The van der Waals surface area contributed by atoms with Crippen LogP contribution in [0.25, 0.3) is 0 Å². The number of rotatable bonds is 9. The van der Waals surface area contributed by atoms with Crippen LogP contribution in [-0.2, 0) is 25.6 Å². The van der Waals surface area contributed by atoms with Crippen LogP contribution in [0.15, 0.2) is 42.5 Å². The molecule has 1 heterocycles. The summed E-state index contributed by atoms with van der Waals surface area (Å²) in [6.45, 7) is 2.86. The van der Waals surface area contributed by atoms with Gasteiger partial charge in [0.15, 0.2) is 0 Å². The third-order valence-electron chi connectivity index (χ3n) is 3.26. The van der Waals surface area contributed by atoms with Gasteiger partial charge in [-0.3, -0.25) is 0 Å². The van der Waals surface area contributed by atoms with E-state index in [4.69, 9.17) is 14.2 Å². The Kier molecular flexibility index (Phi) is 6.58. The summed E-state index contributed by atoms with van der Waals surface area (Å²) in [4.78, 5) is 11.1. The van der Waals surface area contributed by atoms with Gasteiger partial charge in [0.25, 0.3) is 0 Å². The Hall–Kier alpha value is -1.69. The van der Waals surface area contributed by atoms with Gasteiger partial charge >= 0.3 is 5.97 Å². The number of esters is 1. The Morgan fingerprint density at radius 2 is 2.18 bits per heavy atom. The van der Waals surface area contributed by atoms with Gasteiger partial charge in [-0.25, -0.2) is 4.79 Å². The molecule has 0 spiro atoms. The second-order valence-corrected chi connectivity index (χ2v) is 5.14. The number of carbonyl (C=O) groups excluding carboxylic acids is 1. The normalized spacial score (nSPS) is 21.7. The SMILES string of the molecule is CCOC(=O)/C=C/[C@H]1O[C@H]1C[C@@H](O)COCc1ccccc1. The standard InChI is InChI=1S/C17H22O5/c1-2-21-17(19)9-8-15-16(22-15)10-14(18)12-20-11-13-6-4-3-5-7-13/h3-9,14-16,18H,2,10-12H2,1H3/b9-8+/t14-,15-,16+/m1/s1. The minimum Gasteiger partial charge on any atom is -0.463 e. The highest BCUT2D eigenvalue weighted by Crippen LogP contribution is 2.27. The van der Waals surface area contributed by atoms with Crippen LogP contribution in [0.4, 0.5) is 0 Å². The zero-order valence-electron chi connectivity index (χ0n) is 12.7. The molecule has 1 aromatic carbocycles. The molecule has 1 aliphatic heterocycles. The molecule has 1 aliphatic rings. The van der Waals surface area contributed by atoms with E-state index in [-0.39, 0.29) is 24.8 Å². The molecule has 0 bridgehead atoms. The number of aliphatic hydroxyl groups excluding tert-OH is 1. The van der Waals surface area contributed by atoms with Gasteiger partial charge in [0.1, 0.15) is 6.10 Å². The fourth-order valence-electron chi connectivity index (χ4n) is 2.10. The molecular formula is C17H22O5. The van der Waals surface area contributed by atoms with Crippen LogP contribution < -0.4 is 0 Å². The maximum atomic E-state index is 11.1.